The molecule has 1 aliphatic carbocycles. The van der Waals surface area contributed by atoms with E-state index < -0.39 is 23.3 Å². The summed E-state index contributed by atoms with van der Waals surface area (Å²) < 4.78 is 5.08. The van der Waals surface area contributed by atoms with Crippen molar-refractivity contribution < 1.29 is 19.2 Å². The van der Waals surface area contributed by atoms with Crippen molar-refractivity contribution in [3.63, 3.8) is 0 Å². The molecule has 6 heteroatoms. The molecule has 27 heavy (non-hydrogen) atoms. The topological polar surface area (TPSA) is 86.5 Å². The molecule has 0 N–H and O–H groups in total. The van der Waals surface area contributed by atoms with Crippen LogP contribution in [0.25, 0.3) is 0 Å². The van der Waals surface area contributed by atoms with Crippen LogP contribution in [0.3, 0.4) is 0 Å². The third-order valence-corrected chi connectivity index (χ3v) is 4.85. The van der Waals surface area contributed by atoms with E-state index in [1.807, 2.05) is 12.1 Å². The molecule has 0 amide bonds. The molecule has 0 heterocycles. The van der Waals surface area contributed by atoms with E-state index in [1.54, 1.807) is 6.92 Å². The highest BCUT2D eigenvalue weighted by Crippen LogP contribution is 2.23. The highest BCUT2D eigenvalue weighted by molar-refractivity contribution is 5.98. The maximum Gasteiger partial charge on any atom is 0.310 e. The van der Waals surface area contributed by atoms with Crippen LogP contribution in [0.5, 0.6) is 0 Å². The van der Waals surface area contributed by atoms with Gasteiger partial charge < -0.3 is 4.74 Å². The second-order valence-electron chi connectivity index (χ2n) is 6.83. The minimum absolute atomic E-state index is 0.106. The van der Waals surface area contributed by atoms with Gasteiger partial charge in [0, 0.05) is 17.2 Å². The molecular weight excluding hydrogens is 346 g/mol. The number of benzene rings is 2. The van der Waals surface area contributed by atoms with Gasteiger partial charge in [0.15, 0.2) is 6.61 Å². The number of ether oxygens (including phenoxy) is 1. The van der Waals surface area contributed by atoms with Crippen molar-refractivity contribution in [3.05, 3.63) is 74.3 Å². The number of nitro groups is 1. The molecule has 0 aromatic heterocycles. The molecule has 0 fully saturated rings. The van der Waals surface area contributed by atoms with Crippen molar-refractivity contribution in [2.75, 3.05) is 6.61 Å². The van der Waals surface area contributed by atoms with Gasteiger partial charge in [-0.15, -0.1) is 0 Å². The molecule has 0 saturated carbocycles. The summed E-state index contributed by atoms with van der Waals surface area (Å²) >= 11 is 0. The first kappa shape index (κ1) is 18.8. The van der Waals surface area contributed by atoms with Crippen molar-refractivity contribution in [3.8, 4) is 0 Å². The van der Waals surface area contributed by atoms with Crippen LogP contribution in [0.4, 0.5) is 5.69 Å². The molecule has 0 radical (unpaired) electrons. The van der Waals surface area contributed by atoms with E-state index in [0.29, 0.717) is 5.56 Å². The van der Waals surface area contributed by atoms with Crippen molar-refractivity contribution in [2.45, 2.75) is 39.0 Å². The lowest BCUT2D eigenvalue weighted by Gasteiger charge is -2.16. The van der Waals surface area contributed by atoms with Crippen LogP contribution in [0.1, 0.15) is 45.5 Å². The van der Waals surface area contributed by atoms with Crippen molar-refractivity contribution in [1.29, 1.82) is 0 Å². The molecule has 0 atom stereocenters. The van der Waals surface area contributed by atoms with Gasteiger partial charge >= 0.3 is 5.97 Å². The molecule has 140 valence electrons. The SMILES string of the molecule is Cc1ccc(C(=O)COC(=O)Cc2ccc3c(c2)CCCC3)cc1[N+](=O)[O-]. The Kier molecular flexibility index (Phi) is 5.64. The highest BCUT2D eigenvalue weighted by Gasteiger charge is 2.17. The summed E-state index contributed by atoms with van der Waals surface area (Å²) in [5.74, 6) is -0.947. The summed E-state index contributed by atoms with van der Waals surface area (Å²) in [6.45, 7) is 1.18. The zero-order valence-corrected chi connectivity index (χ0v) is 15.2. The van der Waals surface area contributed by atoms with Gasteiger partial charge in [0.1, 0.15) is 0 Å². The van der Waals surface area contributed by atoms with E-state index in [1.165, 1.54) is 35.7 Å². The third-order valence-electron chi connectivity index (χ3n) is 4.85. The monoisotopic (exact) mass is 367 g/mol. The molecular formula is C21H21NO5. The maximum absolute atomic E-state index is 12.2. The average molecular weight is 367 g/mol. The lowest BCUT2D eigenvalue weighted by Crippen LogP contribution is -2.16. The lowest BCUT2D eigenvalue weighted by molar-refractivity contribution is -0.385. The van der Waals surface area contributed by atoms with Gasteiger partial charge in [0.25, 0.3) is 5.69 Å². The molecule has 2 aromatic carbocycles. The summed E-state index contributed by atoms with van der Waals surface area (Å²) in [5, 5.41) is 11.0. The maximum atomic E-state index is 12.2. The van der Waals surface area contributed by atoms with Crippen molar-refractivity contribution in [1.82, 2.24) is 0 Å². The number of Topliss-reactive ketones (excluding diaryl/α,β-unsaturated/α-hetero) is 1. The Labute approximate surface area is 157 Å². The van der Waals surface area contributed by atoms with Crippen LogP contribution in [-0.4, -0.2) is 23.3 Å². The highest BCUT2D eigenvalue weighted by atomic mass is 16.6. The Morgan fingerprint density at radius 1 is 1.07 bits per heavy atom. The largest absolute Gasteiger partial charge is 0.457 e. The Morgan fingerprint density at radius 3 is 2.56 bits per heavy atom. The quantitative estimate of drug-likeness (QED) is 0.336. The van der Waals surface area contributed by atoms with Crippen molar-refractivity contribution >= 4 is 17.4 Å². The summed E-state index contributed by atoms with van der Waals surface area (Å²) in [5.41, 5.74) is 4.01. The Morgan fingerprint density at radius 2 is 1.81 bits per heavy atom. The molecule has 2 aromatic rings. The second-order valence-corrected chi connectivity index (χ2v) is 6.83. The van der Waals surface area contributed by atoms with Crippen LogP contribution >= 0.6 is 0 Å². The number of fused-ring (bicyclic) bond motifs is 1. The summed E-state index contributed by atoms with van der Waals surface area (Å²) in [6, 6.07) is 10.3. The average Bonchev–Trinajstić information content (AvgIpc) is 2.66. The van der Waals surface area contributed by atoms with Crippen LogP contribution in [0, 0.1) is 17.0 Å². The van der Waals surface area contributed by atoms with Crippen LogP contribution in [-0.2, 0) is 28.8 Å². The van der Waals surface area contributed by atoms with Gasteiger partial charge in [-0.05, 0) is 49.3 Å². The fraction of sp³-hybridized carbons (Fsp3) is 0.333. The van der Waals surface area contributed by atoms with Gasteiger partial charge in [-0.25, -0.2) is 0 Å². The number of rotatable bonds is 6. The Bertz CT molecular complexity index is 903. The Hall–Kier alpha value is -3.02. The zero-order chi connectivity index (χ0) is 19.4. The molecule has 6 nitrogen and oxygen atoms in total. The second kappa shape index (κ2) is 8.12. The number of aryl methyl sites for hydroxylation is 3. The van der Waals surface area contributed by atoms with Gasteiger partial charge in [0.05, 0.1) is 11.3 Å². The van der Waals surface area contributed by atoms with Gasteiger partial charge in [0.2, 0.25) is 5.78 Å². The number of hydrogen-bond acceptors (Lipinski definition) is 5. The predicted molar refractivity (Wildman–Crippen MR) is 99.9 cm³/mol. The van der Waals surface area contributed by atoms with Gasteiger partial charge in [-0.1, -0.05) is 30.3 Å². The van der Waals surface area contributed by atoms with Gasteiger partial charge in [-0.2, -0.15) is 0 Å². The molecule has 3 rings (SSSR count). The predicted octanol–water partition coefficient (Wildman–Crippen LogP) is 3.75. The fourth-order valence-electron chi connectivity index (χ4n) is 3.32. The normalized spacial score (nSPS) is 12.9. The van der Waals surface area contributed by atoms with Crippen LogP contribution in [0.2, 0.25) is 0 Å². The van der Waals surface area contributed by atoms with Crippen molar-refractivity contribution in [2.24, 2.45) is 0 Å². The first-order chi connectivity index (χ1) is 12.9. The molecule has 0 spiro atoms. The molecule has 0 bridgehead atoms. The number of carbonyl (C=O) groups excluding carboxylic acids is 2. The first-order valence-electron chi connectivity index (χ1n) is 8.98. The summed E-state index contributed by atoms with van der Waals surface area (Å²) in [4.78, 5) is 34.7. The van der Waals surface area contributed by atoms with E-state index in [2.05, 4.69) is 6.07 Å². The zero-order valence-electron chi connectivity index (χ0n) is 15.2. The fourth-order valence-corrected chi connectivity index (χ4v) is 3.32. The number of hydrogen-bond donors (Lipinski definition) is 0. The van der Waals surface area contributed by atoms with E-state index in [-0.39, 0.29) is 17.7 Å². The van der Waals surface area contributed by atoms with Crippen LogP contribution in [0.15, 0.2) is 36.4 Å². The summed E-state index contributed by atoms with van der Waals surface area (Å²) in [7, 11) is 0. The first-order valence-corrected chi connectivity index (χ1v) is 8.98. The molecule has 0 saturated heterocycles. The van der Waals surface area contributed by atoms with E-state index in [0.717, 1.165) is 24.8 Å². The number of esters is 1. The number of nitrogens with zero attached hydrogens (tertiary/aromatic N) is 1. The summed E-state index contributed by atoms with van der Waals surface area (Å²) in [6.07, 6.45) is 4.58. The number of ketones is 1. The minimum Gasteiger partial charge on any atom is -0.457 e. The van der Waals surface area contributed by atoms with E-state index >= 15 is 0 Å². The third kappa shape index (κ3) is 4.58. The molecule has 1 aliphatic rings. The molecule has 0 aliphatic heterocycles. The number of nitro benzene ring substituents is 1. The number of carbonyl (C=O) groups is 2. The van der Waals surface area contributed by atoms with Gasteiger partial charge in [-0.3, -0.25) is 19.7 Å². The lowest BCUT2D eigenvalue weighted by atomic mass is 9.90. The molecule has 0 unspecified atom stereocenters. The van der Waals surface area contributed by atoms with Crippen LogP contribution < -0.4 is 0 Å². The Balaban J connectivity index is 1.58. The van der Waals surface area contributed by atoms with E-state index in [9.17, 15) is 19.7 Å². The standard InChI is InChI=1S/C21H21NO5/c1-14-6-8-18(12-19(14)22(25)26)20(23)13-27-21(24)11-15-7-9-16-4-2-3-5-17(16)10-15/h6-10,12H,2-5,11,13H2,1H3. The minimum atomic E-state index is -0.534. The van der Waals surface area contributed by atoms with E-state index in [4.69, 9.17) is 4.74 Å². The smallest absolute Gasteiger partial charge is 0.310 e.